The second kappa shape index (κ2) is 6.70. The Balaban J connectivity index is 1.44. The van der Waals surface area contributed by atoms with Gasteiger partial charge >= 0.3 is 0 Å². The van der Waals surface area contributed by atoms with Crippen molar-refractivity contribution in [3.8, 4) is 0 Å². The average molecular weight is 274 g/mol. The van der Waals surface area contributed by atoms with E-state index in [2.05, 4.69) is 47.5 Å². The molecule has 3 atom stereocenters. The Morgan fingerprint density at radius 1 is 1.30 bits per heavy atom. The quantitative estimate of drug-likeness (QED) is 0.892. The van der Waals surface area contributed by atoms with Crippen molar-refractivity contribution in [1.82, 2.24) is 10.2 Å². The lowest BCUT2D eigenvalue weighted by Gasteiger charge is -2.24. The molecule has 3 heteroatoms. The average Bonchev–Trinajstić information content (AvgIpc) is 3.11. The third-order valence-electron chi connectivity index (χ3n) is 4.54. The van der Waals surface area contributed by atoms with Crippen LogP contribution in [0, 0.1) is 0 Å². The van der Waals surface area contributed by atoms with Gasteiger partial charge in [-0.1, -0.05) is 30.3 Å². The van der Waals surface area contributed by atoms with Crippen LogP contribution in [0.25, 0.3) is 0 Å². The molecular weight excluding hydrogens is 248 g/mol. The highest BCUT2D eigenvalue weighted by Crippen LogP contribution is 2.18. The predicted molar refractivity (Wildman–Crippen MR) is 81.7 cm³/mol. The molecule has 20 heavy (non-hydrogen) atoms. The first-order valence-electron chi connectivity index (χ1n) is 7.95. The van der Waals surface area contributed by atoms with Gasteiger partial charge in [-0.3, -0.25) is 4.90 Å². The molecule has 0 amide bonds. The van der Waals surface area contributed by atoms with E-state index in [9.17, 15) is 0 Å². The Morgan fingerprint density at radius 2 is 2.15 bits per heavy atom. The summed E-state index contributed by atoms with van der Waals surface area (Å²) in [6.07, 6.45) is 4.12. The van der Waals surface area contributed by atoms with Crippen LogP contribution < -0.4 is 5.32 Å². The fraction of sp³-hybridized carbons (Fsp3) is 0.647. The van der Waals surface area contributed by atoms with Gasteiger partial charge in [-0.25, -0.2) is 0 Å². The molecule has 0 saturated carbocycles. The highest BCUT2D eigenvalue weighted by atomic mass is 16.5. The first-order valence-corrected chi connectivity index (χ1v) is 7.95. The van der Waals surface area contributed by atoms with Gasteiger partial charge in [-0.2, -0.15) is 0 Å². The maximum atomic E-state index is 5.77. The fourth-order valence-corrected chi connectivity index (χ4v) is 3.43. The molecule has 2 heterocycles. The van der Waals surface area contributed by atoms with Gasteiger partial charge in [-0.05, 0) is 31.7 Å². The largest absolute Gasteiger partial charge is 0.377 e. The first kappa shape index (κ1) is 14.1. The minimum atomic E-state index is 0.429. The number of ether oxygens (including phenoxy) is 1. The molecule has 3 nitrogen and oxygen atoms in total. The zero-order chi connectivity index (χ0) is 13.8. The maximum Gasteiger partial charge on any atom is 0.0726 e. The summed E-state index contributed by atoms with van der Waals surface area (Å²) in [5, 5.41) is 3.77. The van der Waals surface area contributed by atoms with E-state index < -0.39 is 0 Å². The molecule has 3 unspecified atom stereocenters. The first-order chi connectivity index (χ1) is 9.81. The summed E-state index contributed by atoms with van der Waals surface area (Å²) in [6, 6.07) is 11.9. The number of hydrogen-bond donors (Lipinski definition) is 1. The van der Waals surface area contributed by atoms with Crippen molar-refractivity contribution in [2.75, 3.05) is 19.7 Å². The van der Waals surface area contributed by atoms with Crippen molar-refractivity contribution in [2.45, 2.75) is 50.9 Å². The monoisotopic (exact) mass is 274 g/mol. The van der Waals surface area contributed by atoms with E-state index in [1.165, 1.54) is 31.4 Å². The number of rotatable bonds is 5. The van der Waals surface area contributed by atoms with Gasteiger partial charge in [0, 0.05) is 38.3 Å². The summed E-state index contributed by atoms with van der Waals surface area (Å²) in [7, 11) is 0. The minimum Gasteiger partial charge on any atom is -0.377 e. The molecule has 0 radical (unpaired) electrons. The summed E-state index contributed by atoms with van der Waals surface area (Å²) in [4.78, 5) is 2.55. The standard InChI is InChI=1S/C17H26N2O/c1-14(17-8-5-11-20-17)18-16-9-10-19(13-16)12-15-6-3-2-4-7-15/h2-4,6-7,14,16-18H,5,8-13H2,1H3. The van der Waals surface area contributed by atoms with Crippen LogP contribution in [0.3, 0.4) is 0 Å². The predicted octanol–water partition coefficient (Wildman–Crippen LogP) is 2.42. The lowest BCUT2D eigenvalue weighted by atomic mass is 10.1. The molecular formula is C17H26N2O. The topological polar surface area (TPSA) is 24.5 Å². The molecule has 3 rings (SSSR count). The van der Waals surface area contributed by atoms with E-state index in [0.717, 1.165) is 19.7 Å². The fourth-order valence-electron chi connectivity index (χ4n) is 3.43. The third-order valence-corrected chi connectivity index (χ3v) is 4.54. The van der Waals surface area contributed by atoms with Gasteiger partial charge in [0.15, 0.2) is 0 Å². The molecule has 0 spiro atoms. The number of hydrogen-bond acceptors (Lipinski definition) is 3. The van der Waals surface area contributed by atoms with E-state index in [-0.39, 0.29) is 0 Å². The number of nitrogens with zero attached hydrogens (tertiary/aromatic N) is 1. The highest BCUT2D eigenvalue weighted by molar-refractivity contribution is 5.14. The zero-order valence-corrected chi connectivity index (χ0v) is 12.4. The Hall–Kier alpha value is -0.900. The van der Waals surface area contributed by atoms with Gasteiger partial charge in [0.25, 0.3) is 0 Å². The highest BCUT2D eigenvalue weighted by Gasteiger charge is 2.28. The van der Waals surface area contributed by atoms with E-state index in [1.54, 1.807) is 0 Å². The zero-order valence-electron chi connectivity index (χ0n) is 12.4. The smallest absolute Gasteiger partial charge is 0.0726 e. The summed E-state index contributed by atoms with van der Waals surface area (Å²) in [5.74, 6) is 0. The number of likely N-dealkylation sites (tertiary alicyclic amines) is 1. The molecule has 1 N–H and O–H groups in total. The summed E-state index contributed by atoms with van der Waals surface area (Å²) in [6.45, 7) is 6.65. The van der Waals surface area contributed by atoms with Crippen molar-refractivity contribution >= 4 is 0 Å². The normalized spacial score (nSPS) is 28.9. The Morgan fingerprint density at radius 3 is 2.90 bits per heavy atom. The SMILES string of the molecule is CC(NC1CCN(Cc2ccccc2)C1)C1CCCO1. The molecule has 1 aromatic rings. The summed E-state index contributed by atoms with van der Waals surface area (Å²) < 4.78 is 5.77. The van der Waals surface area contributed by atoms with Gasteiger partial charge in [0.1, 0.15) is 0 Å². The molecule has 0 aliphatic carbocycles. The second-order valence-corrected chi connectivity index (χ2v) is 6.21. The van der Waals surface area contributed by atoms with E-state index in [4.69, 9.17) is 4.74 Å². The van der Waals surface area contributed by atoms with Gasteiger partial charge in [0.05, 0.1) is 6.10 Å². The van der Waals surface area contributed by atoms with Crippen LogP contribution in [0.4, 0.5) is 0 Å². The van der Waals surface area contributed by atoms with E-state index in [0.29, 0.717) is 18.2 Å². The van der Waals surface area contributed by atoms with Crippen molar-refractivity contribution in [3.63, 3.8) is 0 Å². The van der Waals surface area contributed by atoms with Crippen LogP contribution in [0.2, 0.25) is 0 Å². The molecule has 1 aromatic carbocycles. The Bertz CT molecular complexity index is 403. The molecule has 110 valence electrons. The van der Waals surface area contributed by atoms with Gasteiger partial charge in [0.2, 0.25) is 0 Å². The number of nitrogens with one attached hydrogen (secondary N) is 1. The van der Waals surface area contributed by atoms with Gasteiger partial charge in [-0.15, -0.1) is 0 Å². The third kappa shape index (κ3) is 3.60. The van der Waals surface area contributed by atoms with Crippen LogP contribution in [0.1, 0.15) is 31.7 Å². The Labute approximate surface area is 122 Å². The summed E-state index contributed by atoms with van der Waals surface area (Å²) in [5.41, 5.74) is 1.42. The van der Waals surface area contributed by atoms with Crippen LogP contribution in [0.15, 0.2) is 30.3 Å². The van der Waals surface area contributed by atoms with Crippen molar-refractivity contribution in [3.05, 3.63) is 35.9 Å². The summed E-state index contributed by atoms with van der Waals surface area (Å²) >= 11 is 0. The molecule has 0 bridgehead atoms. The van der Waals surface area contributed by atoms with Crippen molar-refractivity contribution in [2.24, 2.45) is 0 Å². The van der Waals surface area contributed by atoms with E-state index >= 15 is 0 Å². The van der Waals surface area contributed by atoms with Crippen molar-refractivity contribution < 1.29 is 4.74 Å². The molecule has 2 saturated heterocycles. The van der Waals surface area contributed by atoms with Crippen LogP contribution >= 0.6 is 0 Å². The maximum absolute atomic E-state index is 5.77. The van der Waals surface area contributed by atoms with Crippen LogP contribution in [-0.2, 0) is 11.3 Å². The second-order valence-electron chi connectivity index (χ2n) is 6.21. The Kier molecular flexibility index (Phi) is 4.71. The molecule has 2 fully saturated rings. The van der Waals surface area contributed by atoms with Crippen LogP contribution in [0.5, 0.6) is 0 Å². The minimum absolute atomic E-state index is 0.429. The van der Waals surface area contributed by atoms with Crippen LogP contribution in [-0.4, -0.2) is 42.8 Å². The number of benzene rings is 1. The van der Waals surface area contributed by atoms with Gasteiger partial charge < -0.3 is 10.1 Å². The molecule has 0 aromatic heterocycles. The van der Waals surface area contributed by atoms with E-state index in [1.807, 2.05) is 0 Å². The lowest BCUT2D eigenvalue weighted by molar-refractivity contribution is 0.0799. The van der Waals surface area contributed by atoms with Crippen molar-refractivity contribution in [1.29, 1.82) is 0 Å². The molecule has 2 aliphatic heterocycles. The molecule has 2 aliphatic rings. The lowest BCUT2D eigenvalue weighted by Crippen LogP contribution is -2.44.